The van der Waals surface area contributed by atoms with Gasteiger partial charge in [0.25, 0.3) is 0 Å². The van der Waals surface area contributed by atoms with Gasteiger partial charge in [-0.15, -0.1) is 0 Å². The highest BCUT2D eigenvalue weighted by Crippen LogP contribution is 2.53. The molecule has 8 aromatic carbocycles. The molecule has 0 atom stereocenters. The lowest BCUT2D eigenvalue weighted by molar-refractivity contribution is 0.445. The molecule has 330 valence electrons. The minimum atomic E-state index is 0.0208. The van der Waals surface area contributed by atoms with Crippen molar-refractivity contribution < 1.29 is 0 Å². The fourth-order valence-corrected chi connectivity index (χ4v) is 11.3. The molecule has 2 aliphatic rings. The molecule has 0 N–H and O–H groups in total. The van der Waals surface area contributed by atoms with Gasteiger partial charge in [-0.2, -0.15) is 10.5 Å². The van der Waals surface area contributed by atoms with Gasteiger partial charge in [0.1, 0.15) is 0 Å². The maximum absolute atomic E-state index is 9.90. The molecule has 0 aliphatic heterocycles. The molecular formula is C62H62N4. The van der Waals surface area contributed by atoms with Crippen molar-refractivity contribution in [3.63, 3.8) is 0 Å². The summed E-state index contributed by atoms with van der Waals surface area (Å²) in [5.41, 5.74) is 13.5. The van der Waals surface area contributed by atoms with Gasteiger partial charge in [-0.3, -0.25) is 0 Å². The van der Waals surface area contributed by atoms with Gasteiger partial charge < -0.3 is 9.80 Å². The molecule has 4 nitrogen and oxygen atoms in total. The Morgan fingerprint density at radius 1 is 0.394 bits per heavy atom. The molecule has 10 rings (SSSR count). The van der Waals surface area contributed by atoms with Crippen LogP contribution in [0.25, 0.3) is 32.3 Å². The first-order valence-corrected chi connectivity index (χ1v) is 24.5. The number of rotatable bonds is 8. The van der Waals surface area contributed by atoms with Crippen LogP contribution in [0.2, 0.25) is 0 Å². The van der Waals surface area contributed by atoms with Crippen molar-refractivity contribution in [2.45, 2.75) is 128 Å². The summed E-state index contributed by atoms with van der Waals surface area (Å²) in [5, 5.41) is 27.7. The molecule has 0 aromatic heterocycles. The van der Waals surface area contributed by atoms with Gasteiger partial charge in [0, 0.05) is 33.5 Å². The van der Waals surface area contributed by atoms with Crippen LogP contribution in [0.3, 0.4) is 0 Å². The Morgan fingerprint density at radius 3 is 1.00 bits per heavy atom. The van der Waals surface area contributed by atoms with Crippen LogP contribution in [0.15, 0.2) is 133 Å². The lowest BCUT2D eigenvalue weighted by Gasteiger charge is -2.33. The monoisotopic (exact) mass is 862 g/mol. The summed E-state index contributed by atoms with van der Waals surface area (Å²) < 4.78 is 0. The van der Waals surface area contributed by atoms with Crippen LogP contribution in [-0.2, 0) is 10.8 Å². The molecule has 0 heterocycles. The summed E-state index contributed by atoms with van der Waals surface area (Å²) in [6.45, 7) is 13.6. The van der Waals surface area contributed by atoms with E-state index >= 15 is 0 Å². The third-order valence-electron chi connectivity index (χ3n) is 15.0. The van der Waals surface area contributed by atoms with Gasteiger partial charge in [0.15, 0.2) is 0 Å². The minimum Gasteiger partial charge on any atom is -0.310 e. The second-order valence-electron chi connectivity index (χ2n) is 21.3. The Balaban J connectivity index is 1.31. The van der Waals surface area contributed by atoms with Crippen LogP contribution in [0.5, 0.6) is 0 Å². The Morgan fingerprint density at radius 2 is 0.697 bits per heavy atom. The molecule has 4 heteroatoms. The van der Waals surface area contributed by atoms with Crippen molar-refractivity contribution in [3.8, 4) is 12.1 Å². The van der Waals surface area contributed by atoms with E-state index in [-0.39, 0.29) is 10.8 Å². The van der Waals surface area contributed by atoms with Gasteiger partial charge in [-0.25, -0.2) is 0 Å². The molecule has 0 bridgehead atoms. The fraction of sp³-hybridized carbons (Fsp3) is 0.323. The zero-order valence-corrected chi connectivity index (χ0v) is 39.7. The van der Waals surface area contributed by atoms with Crippen molar-refractivity contribution in [3.05, 3.63) is 167 Å². The largest absolute Gasteiger partial charge is 0.310 e. The zero-order valence-electron chi connectivity index (χ0n) is 39.7. The maximum atomic E-state index is 9.90. The molecule has 0 spiro atoms. The molecular weight excluding hydrogens is 801 g/mol. The summed E-state index contributed by atoms with van der Waals surface area (Å²) in [5.74, 6) is 0.920. The van der Waals surface area contributed by atoms with E-state index in [0.29, 0.717) is 23.0 Å². The van der Waals surface area contributed by atoms with Gasteiger partial charge >= 0.3 is 0 Å². The maximum Gasteiger partial charge on any atom is 0.0991 e. The zero-order chi connectivity index (χ0) is 45.7. The molecule has 0 amide bonds. The van der Waals surface area contributed by atoms with Gasteiger partial charge in [0.05, 0.1) is 34.6 Å². The summed E-state index contributed by atoms with van der Waals surface area (Å²) in [6, 6.07) is 54.2. The van der Waals surface area contributed by atoms with E-state index in [1.54, 1.807) is 0 Å². The minimum absolute atomic E-state index is 0.0208. The molecule has 2 aliphatic carbocycles. The predicted octanol–water partition coefficient (Wildman–Crippen LogP) is 18.0. The highest BCUT2D eigenvalue weighted by atomic mass is 15.1. The Kier molecular flexibility index (Phi) is 11.4. The molecule has 0 radical (unpaired) electrons. The van der Waals surface area contributed by atoms with E-state index in [2.05, 4.69) is 173 Å². The highest BCUT2D eigenvalue weighted by Gasteiger charge is 2.30. The first kappa shape index (κ1) is 43.3. The Bertz CT molecular complexity index is 2890. The molecule has 0 unspecified atom stereocenters. The first-order chi connectivity index (χ1) is 31.9. The summed E-state index contributed by atoms with van der Waals surface area (Å²) in [7, 11) is 0. The first-order valence-electron chi connectivity index (χ1n) is 24.5. The van der Waals surface area contributed by atoms with Crippen LogP contribution < -0.4 is 9.80 Å². The Labute approximate surface area is 392 Å². The number of hydrogen-bond acceptors (Lipinski definition) is 4. The highest BCUT2D eigenvalue weighted by molar-refractivity contribution is 6.29. The average molecular weight is 863 g/mol. The SMILES string of the molecule is CC(C)(C)c1ccc(N(c2ccc(C#N)cc2)c2cc(C3CCCCC3)c3ccc4c(N(c5ccc(C#N)cc5)c5ccc(C(C)(C)C)cc5)cc(C5CCCCC5)c5ccc2c3c54)cc1. The third kappa shape index (κ3) is 7.96. The van der Waals surface area contributed by atoms with E-state index in [9.17, 15) is 10.5 Å². The average Bonchev–Trinajstić information content (AvgIpc) is 3.34. The lowest BCUT2D eigenvalue weighted by Crippen LogP contribution is -2.15. The van der Waals surface area contributed by atoms with Crippen molar-refractivity contribution in [2.24, 2.45) is 0 Å². The summed E-state index contributed by atoms with van der Waals surface area (Å²) in [6.07, 6.45) is 12.3. The lowest BCUT2D eigenvalue weighted by atomic mass is 9.77. The van der Waals surface area contributed by atoms with Gasteiger partial charge in [-0.1, -0.05) is 129 Å². The number of hydrogen-bond donors (Lipinski definition) is 0. The third-order valence-corrected chi connectivity index (χ3v) is 15.0. The van der Waals surface area contributed by atoms with Gasteiger partial charge in [0.2, 0.25) is 0 Å². The summed E-state index contributed by atoms with van der Waals surface area (Å²) in [4.78, 5) is 4.91. The van der Waals surface area contributed by atoms with Crippen LogP contribution >= 0.6 is 0 Å². The van der Waals surface area contributed by atoms with Crippen molar-refractivity contribution in [1.29, 1.82) is 10.5 Å². The smallest absolute Gasteiger partial charge is 0.0991 e. The quantitative estimate of drug-likeness (QED) is 0.143. The molecule has 8 aromatic rings. The van der Waals surface area contributed by atoms with Crippen LogP contribution in [0, 0.1) is 22.7 Å². The van der Waals surface area contributed by atoms with Crippen LogP contribution in [-0.4, -0.2) is 0 Å². The molecule has 2 fully saturated rings. The number of benzene rings is 8. The van der Waals surface area contributed by atoms with Crippen LogP contribution in [0.1, 0.15) is 151 Å². The normalized spacial score (nSPS) is 15.3. The topological polar surface area (TPSA) is 54.1 Å². The number of nitriles is 2. The number of anilines is 6. The molecule has 66 heavy (non-hydrogen) atoms. The van der Waals surface area contributed by atoms with E-state index in [0.717, 1.165) is 22.7 Å². The number of nitrogens with zero attached hydrogens (tertiary/aromatic N) is 4. The van der Waals surface area contributed by atoms with Gasteiger partial charge in [-0.05, 0) is 177 Å². The second kappa shape index (κ2) is 17.3. The van der Waals surface area contributed by atoms with E-state index < -0.39 is 0 Å². The fourth-order valence-electron chi connectivity index (χ4n) is 11.3. The van der Waals surface area contributed by atoms with Crippen molar-refractivity contribution in [2.75, 3.05) is 9.80 Å². The summed E-state index contributed by atoms with van der Waals surface area (Å²) >= 11 is 0. The van der Waals surface area contributed by atoms with Crippen LogP contribution in [0.4, 0.5) is 34.1 Å². The second-order valence-corrected chi connectivity index (χ2v) is 21.3. The molecule has 2 saturated carbocycles. The van der Waals surface area contributed by atoms with Crippen molar-refractivity contribution in [1.82, 2.24) is 0 Å². The van der Waals surface area contributed by atoms with Crippen molar-refractivity contribution >= 4 is 66.4 Å². The Hall–Kier alpha value is -6.62. The van der Waals surface area contributed by atoms with E-state index in [4.69, 9.17) is 0 Å². The molecule has 0 saturated heterocycles. The van der Waals surface area contributed by atoms with E-state index in [1.165, 1.54) is 130 Å². The standard InChI is InChI=1S/C62H62N4/c1-61(2,3)45-21-29-49(30-22-45)65(47-25-17-41(39-63)18-26-47)57-37-55(43-13-9-7-10-14-43)51-34-36-54-58(38-56(44-15-11-8-12-16-44)52-33-35-53(57)59(51)60(52)54)66(48-27-19-42(40-64)20-28-48)50-31-23-46(24-32-50)62(4,5)6/h17-38,43-44H,7-16H2,1-6H3. The van der Waals surface area contributed by atoms with E-state index in [1.807, 2.05) is 24.3 Å². The predicted molar refractivity (Wildman–Crippen MR) is 278 cm³/mol.